The van der Waals surface area contributed by atoms with E-state index in [1.54, 1.807) is 7.11 Å². The van der Waals surface area contributed by atoms with Crippen LogP contribution in [0.15, 0.2) is 30.3 Å². The summed E-state index contributed by atoms with van der Waals surface area (Å²) in [6.07, 6.45) is 3.64. The lowest BCUT2D eigenvalue weighted by molar-refractivity contribution is 0.0846. The average Bonchev–Trinajstić information content (AvgIpc) is 2.47. The van der Waals surface area contributed by atoms with E-state index >= 15 is 0 Å². The fourth-order valence-electron chi connectivity index (χ4n) is 2.70. The first-order valence-corrected chi connectivity index (χ1v) is 7.47. The summed E-state index contributed by atoms with van der Waals surface area (Å²) in [5.74, 6) is 0. The largest absolute Gasteiger partial charge is 0.382 e. The highest BCUT2D eigenvalue weighted by Crippen LogP contribution is 2.33. The van der Waals surface area contributed by atoms with Gasteiger partial charge in [-0.05, 0) is 38.3 Å². The van der Waals surface area contributed by atoms with Gasteiger partial charge in [-0.3, -0.25) is 0 Å². The standard InChI is InChI=1S/C17H29NO/c1-5-12-18-14-17(6-2,13-15(3)19-4)16-10-8-7-9-11-16/h7-11,15,18H,5-6,12-14H2,1-4H3. The third kappa shape index (κ3) is 4.63. The molecular weight excluding hydrogens is 234 g/mol. The molecule has 2 heteroatoms. The molecule has 0 radical (unpaired) electrons. The summed E-state index contributed by atoms with van der Waals surface area (Å²) < 4.78 is 5.51. The second-order valence-electron chi connectivity index (χ2n) is 5.43. The topological polar surface area (TPSA) is 21.3 Å². The van der Waals surface area contributed by atoms with Gasteiger partial charge >= 0.3 is 0 Å². The van der Waals surface area contributed by atoms with Crippen LogP contribution in [0.3, 0.4) is 0 Å². The number of ether oxygens (including phenoxy) is 1. The molecule has 0 saturated heterocycles. The molecule has 1 N–H and O–H groups in total. The van der Waals surface area contributed by atoms with Gasteiger partial charge in [0.2, 0.25) is 0 Å². The normalized spacial score (nSPS) is 16.0. The van der Waals surface area contributed by atoms with E-state index in [-0.39, 0.29) is 11.5 Å². The van der Waals surface area contributed by atoms with Crippen LogP contribution in [0.5, 0.6) is 0 Å². The predicted molar refractivity (Wildman–Crippen MR) is 82.7 cm³/mol. The maximum Gasteiger partial charge on any atom is 0.0552 e. The summed E-state index contributed by atoms with van der Waals surface area (Å²) in [5, 5.41) is 3.60. The number of nitrogens with one attached hydrogen (secondary N) is 1. The molecule has 1 rings (SSSR count). The Morgan fingerprint density at radius 1 is 1.21 bits per heavy atom. The van der Waals surface area contributed by atoms with Gasteiger partial charge < -0.3 is 10.1 Å². The van der Waals surface area contributed by atoms with Crippen LogP contribution >= 0.6 is 0 Å². The van der Waals surface area contributed by atoms with E-state index in [0.29, 0.717) is 0 Å². The van der Waals surface area contributed by atoms with Gasteiger partial charge in [-0.25, -0.2) is 0 Å². The van der Waals surface area contributed by atoms with Crippen molar-refractivity contribution in [3.8, 4) is 0 Å². The lowest BCUT2D eigenvalue weighted by Crippen LogP contribution is -2.40. The highest BCUT2D eigenvalue weighted by molar-refractivity contribution is 5.26. The fraction of sp³-hybridized carbons (Fsp3) is 0.647. The minimum absolute atomic E-state index is 0.172. The van der Waals surface area contributed by atoms with E-state index in [1.807, 2.05) is 0 Å². The van der Waals surface area contributed by atoms with Gasteiger partial charge in [0.25, 0.3) is 0 Å². The molecule has 0 saturated carbocycles. The molecule has 0 aliphatic heterocycles. The molecule has 108 valence electrons. The van der Waals surface area contributed by atoms with Crippen LogP contribution in [-0.2, 0) is 10.2 Å². The van der Waals surface area contributed by atoms with Gasteiger partial charge in [-0.15, -0.1) is 0 Å². The molecule has 0 bridgehead atoms. The van der Waals surface area contributed by atoms with E-state index in [9.17, 15) is 0 Å². The second kappa shape index (κ2) is 8.34. The van der Waals surface area contributed by atoms with Crippen LogP contribution in [0.2, 0.25) is 0 Å². The third-order valence-electron chi connectivity index (χ3n) is 4.03. The molecule has 2 nitrogen and oxygen atoms in total. The number of methoxy groups -OCH3 is 1. The SMILES string of the molecule is CCCNCC(CC)(CC(C)OC)c1ccccc1. The third-order valence-corrected chi connectivity index (χ3v) is 4.03. The van der Waals surface area contributed by atoms with Crippen molar-refractivity contribution >= 4 is 0 Å². The summed E-state index contributed by atoms with van der Waals surface area (Å²) >= 11 is 0. The Hall–Kier alpha value is -0.860. The van der Waals surface area contributed by atoms with Crippen LogP contribution in [-0.4, -0.2) is 26.3 Å². The van der Waals surface area contributed by atoms with Crippen molar-refractivity contribution in [1.29, 1.82) is 0 Å². The Morgan fingerprint density at radius 2 is 1.89 bits per heavy atom. The van der Waals surface area contributed by atoms with Crippen LogP contribution in [0, 0.1) is 0 Å². The molecule has 0 fully saturated rings. The Labute approximate surface area is 118 Å². The van der Waals surface area contributed by atoms with Gasteiger partial charge in [-0.2, -0.15) is 0 Å². The quantitative estimate of drug-likeness (QED) is 0.685. The van der Waals surface area contributed by atoms with Gasteiger partial charge in [0.15, 0.2) is 0 Å². The van der Waals surface area contributed by atoms with Crippen molar-refractivity contribution in [2.75, 3.05) is 20.2 Å². The zero-order valence-corrected chi connectivity index (χ0v) is 12.9. The second-order valence-corrected chi connectivity index (χ2v) is 5.43. The molecule has 1 aromatic carbocycles. The molecule has 0 amide bonds. The minimum atomic E-state index is 0.172. The van der Waals surface area contributed by atoms with E-state index in [0.717, 1.165) is 25.9 Å². The summed E-state index contributed by atoms with van der Waals surface area (Å²) in [6, 6.07) is 10.9. The van der Waals surface area contributed by atoms with Gasteiger partial charge in [0.05, 0.1) is 6.10 Å². The molecule has 0 aliphatic rings. The average molecular weight is 263 g/mol. The zero-order chi connectivity index (χ0) is 14.1. The maximum atomic E-state index is 5.51. The summed E-state index contributed by atoms with van der Waals surface area (Å²) in [4.78, 5) is 0. The maximum absolute atomic E-state index is 5.51. The molecule has 0 aromatic heterocycles. The van der Waals surface area contributed by atoms with Crippen molar-refractivity contribution in [2.24, 2.45) is 0 Å². The number of rotatable bonds is 9. The smallest absolute Gasteiger partial charge is 0.0552 e. The summed E-state index contributed by atoms with van der Waals surface area (Å²) in [7, 11) is 1.80. The molecule has 0 spiro atoms. The lowest BCUT2D eigenvalue weighted by Gasteiger charge is -2.36. The van der Waals surface area contributed by atoms with E-state index < -0.39 is 0 Å². The van der Waals surface area contributed by atoms with E-state index in [4.69, 9.17) is 4.74 Å². The zero-order valence-electron chi connectivity index (χ0n) is 12.9. The predicted octanol–water partition coefficient (Wildman–Crippen LogP) is 3.76. The molecule has 1 aromatic rings. The van der Waals surface area contributed by atoms with Crippen molar-refractivity contribution in [2.45, 2.75) is 51.6 Å². The minimum Gasteiger partial charge on any atom is -0.382 e. The molecular formula is C17H29NO. The van der Waals surface area contributed by atoms with E-state index in [2.05, 4.69) is 56.4 Å². The molecule has 2 unspecified atom stereocenters. The Bertz CT molecular complexity index is 338. The van der Waals surface area contributed by atoms with E-state index in [1.165, 1.54) is 12.0 Å². The first-order chi connectivity index (χ1) is 9.18. The van der Waals surface area contributed by atoms with Crippen LogP contribution in [0.25, 0.3) is 0 Å². The molecule has 0 heterocycles. The van der Waals surface area contributed by atoms with Gasteiger partial charge in [-0.1, -0.05) is 44.2 Å². The van der Waals surface area contributed by atoms with Crippen molar-refractivity contribution in [3.05, 3.63) is 35.9 Å². The van der Waals surface area contributed by atoms with Crippen LogP contribution in [0.4, 0.5) is 0 Å². The Kier molecular flexibility index (Phi) is 7.11. The summed E-state index contributed by atoms with van der Waals surface area (Å²) in [5.41, 5.74) is 1.59. The summed E-state index contributed by atoms with van der Waals surface area (Å²) in [6.45, 7) is 8.75. The first kappa shape index (κ1) is 16.2. The molecule has 2 atom stereocenters. The van der Waals surface area contributed by atoms with Crippen molar-refractivity contribution in [3.63, 3.8) is 0 Å². The molecule has 0 aliphatic carbocycles. The van der Waals surface area contributed by atoms with Crippen LogP contribution in [0.1, 0.15) is 45.6 Å². The van der Waals surface area contributed by atoms with Crippen LogP contribution < -0.4 is 5.32 Å². The van der Waals surface area contributed by atoms with Gasteiger partial charge in [0, 0.05) is 19.1 Å². The lowest BCUT2D eigenvalue weighted by atomic mass is 9.74. The number of hydrogen-bond acceptors (Lipinski definition) is 2. The molecule has 19 heavy (non-hydrogen) atoms. The fourth-order valence-corrected chi connectivity index (χ4v) is 2.70. The number of benzene rings is 1. The highest BCUT2D eigenvalue weighted by Gasteiger charge is 2.31. The monoisotopic (exact) mass is 263 g/mol. The Balaban J connectivity index is 2.92. The highest BCUT2D eigenvalue weighted by atomic mass is 16.5. The first-order valence-electron chi connectivity index (χ1n) is 7.47. The van der Waals surface area contributed by atoms with Gasteiger partial charge in [0.1, 0.15) is 0 Å². The number of hydrogen-bond donors (Lipinski definition) is 1. The Morgan fingerprint density at radius 3 is 2.42 bits per heavy atom. The van der Waals surface area contributed by atoms with Crippen molar-refractivity contribution in [1.82, 2.24) is 5.32 Å². The van der Waals surface area contributed by atoms with Crippen molar-refractivity contribution < 1.29 is 4.74 Å².